The van der Waals surface area contributed by atoms with E-state index in [1.165, 1.54) is 0 Å². The number of benzene rings is 1. The summed E-state index contributed by atoms with van der Waals surface area (Å²) in [5.41, 5.74) is 0.440. The summed E-state index contributed by atoms with van der Waals surface area (Å²) in [5.74, 6) is -0.813. The summed E-state index contributed by atoms with van der Waals surface area (Å²) < 4.78 is 10.1. The van der Waals surface area contributed by atoms with Gasteiger partial charge >= 0.3 is 11.9 Å². The number of carbonyl (C=O) groups excluding carboxylic acids is 2. The molecule has 0 amide bonds. The molecule has 0 spiro atoms. The minimum absolute atomic E-state index is 0.140. The molecule has 1 fully saturated rings. The van der Waals surface area contributed by atoms with Crippen LogP contribution in [0, 0.1) is 5.92 Å². The van der Waals surface area contributed by atoms with E-state index in [1.807, 2.05) is 19.9 Å². The molecule has 0 aliphatic carbocycles. The summed E-state index contributed by atoms with van der Waals surface area (Å²) in [6.07, 6.45) is -1.09. The van der Waals surface area contributed by atoms with E-state index in [4.69, 9.17) is 9.47 Å². The molecule has 1 aliphatic heterocycles. The van der Waals surface area contributed by atoms with Gasteiger partial charge in [-0.15, -0.1) is 0 Å². The number of carbonyl (C=O) groups is 2. The highest BCUT2D eigenvalue weighted by atomic mass is 16.7. The van der Waals surface area contributed by atoms with Crippen LogP contribution in [0.3, 0.4) is 0 Å². The maximum atomic E-state index is 11.7. The van der Waals surface area contributed by atoms with Crippen LogP contribution in [0.5, 0.6) is 0 Å². The maximum absolute atomic E-state index is 11.7. The van der Waals surface area contributed by atoms with Crippen molar-refractivity contribution in [2.45, 2.75) is 26.1 Å². The number of esters is 2. The highest BCUT2D eigenvalue weighted by molar-refractivity contribution is 5.92. The molecule has 0 unspecified atom stereocenters. The predicted octanol–water partition coefficient (Wildman–Crippen LogP) is 1.79. The van der Waals surface area contributed by atoms with Crippen molar-refractivity contribution in [2.75, 3.05) is 0 Å². The molecular weight excluding hydrogens is 220 g/mol. The molecule has 0 N–H and O–H groups in total. The zero-order chi connectivity index (χ0) is 12.4. The summed E-state index contributed by atoms with van der Waals surface area (Å²) in [6.45, 7) is 3.83. The van der Waals surface area contributed by atoms with Crippen molar-refractivity contribution in [1.29, 1.82) is 0 Å². The Bertz CT molecular complexity index is 424. The van der Waals surface area contributed by atoms with Crippen molar-refractivity contribution in [3.05, 3.63) is 35.9 Å². The number of ether oxygens (including phenoxy) is 2. The molecule has 4 heteroatoms. The molecular formula is C13H14O4. The predicted molar refractivity (Wildman–Crippen MR) is 60.4 cm³/mol. The zero-order valence-corrected chi connectivity index (χ0v) is 9.75. The fourth-order valence-corrected chi connectivity index (χ4v) is 1.68. The van der Waals surface area contributed by atoms with E-state index in [1.54, 1.807) is 24.3 Å². The van der Waals surface area contributed by atoms with Gasteiger partial charge in [-0.2, -0.15) is 0 Å². The van der Waals surface area contributed by atoms with Crippen LogP contribution in [-0.4, -0.2) is 24.1 Å². The Kier molecular flexibility index (Phi) is 3.13. The molecule has 2 atom stereocenters. The molecule has 0 saturated carbocycles. The first-order chi connectivity index (χ1) is 8.09. The third kappa shape index (κ3) is 2.30. The van der Waals surface area contributed by atoms with E-state index in [9.17, 15) is 9.59 Å². The van der Waals surface area contributed by atoms with Gasteiger partial charge < -0.3 is 9.47 Å². The monoisotopic (exact) mass is 234 g/mol. The summed E-state index contributed by atoms with van der Waals surface area (Å²) in [4.78, 5) is 22.9. The van der Waals surface area contributed by atoms with E-state index in [0.29, 0.717) is 5.56 Å². The molecule has 1 aromatic rings. The van der Waals surface area contributed by atoms with Gasteiger partial charge in [-0.25, -0.2) is 9.59 Å². The van der Waals surface area contributed by atoms with Gasteiger partial charge in [-0.3, -0.25) is 0 Å². The van der Waals surface area contributed by atoms with Crippen LogP contribution >= 0.6 is 0 Å². The summed E-state index contributed by atoms with van der Waals surface area (Å²) >= 11 is 0. The van der Waals surface area contributed by atoms with Crippen LogP contribution in [0.2, 0.25) is 0 Å². The Hall–Kier alpha value is -1.84. The lowest BCUT2D eigenvalue weighted by atomic mass is 9.97. The van der Waals surface area contributed by atoms with Gasteiger partial charge in [0.05, 0.1) is 5.56 Å². The summed E-state index contributed by atoms with van der Waals surface area (Å²) in [5, 5.41) is 0. The zero-order valence-electron chi connectivity index (χ0n) is 9.75. The van der Waals surface area contributed by atoms with Crippen LogP contribution in [-0.2, 0) is 14.3 Å². The lowest BCUT2D eigenvalue weighted by Gasteiger charge is -2.36. The third-order valence-corrected chi connectivity index (χ3v) is 2.68. The standard InChI is InChI=1S/C13H14O4/c1-8(2)10-11(13(15)16-10)17-12(14)9-6-4-3-5-7-9/h3-8,10-11H,1-2H3/t10-,11-/m1/s1. The highest BCUT2D eigenvalue weighted by Gasteiger charge is 2.47. The highest BCUT2D eigenvalue weighted by Crippen LogP contribution is 2.25. The lowest BCUT2D eigenvalue weighted by Crippen LogP contribution is -2.55. The molecule has 2 rings (SSSR count). The smallest absolute Gasteiger partial charge is 0.351 e. The van der Waals surface area contributed by atoms with Crippen LogP contribution in [0.15, 0.2) is 30.3 Å². The Labute approximate surface area is 99.5 Å². The Morgan fingerprint density at radius 2 is 1.94 bits per heavy atom. The van der Waals surface area contributed by atoms with E-state index < -0.39 is 18.0 Å². The second-order valence-electron chi connectivity index (χ2n) is 4.34. The molecule has 0 radical (unpaired) electrons. The first-order valence-corrected chi connectivity index (χ1v) is 5.56. The van der Waals surface area contributed by atoms with Crippen molar-refractivity contribution in [3.8, 4) is 0 Å². The van der Waals surface area contributed by atoms with Gasteiger partial charge in [0.25, 0.3) is 0 Å². The lowest BCUT2D eigenvalue weighted by molar-refractivity contribution is -0.204. The molecule has 0 aromatic heterocycles. The number of hydrogen-bond donors (Lipinski definition) is 0. The number of rotatable bonds is 3. The Balaban J connectivity index is 2.02. The molecule has 0 bridgehead atoms. The van der Waals surface area contributed by atoms with Crippen LogP contribution < -0.4 is 0 Å². The van der Waals surface area contributed by atoms with Gasteiger partial charge in [0.1, 0.15) is 0 Å². The van der Waals surface area contributed by atoms with E-state index in [-0.39, 0.29) is 12.0 Å². The molecule has 4 nitrogen and oxygen atoms in total. The molecule has 1 heterocycles. The first-order valence-electron chi connectivity index (χ1n) is 5.56. The average Bonchev–Trinajstić information content (AvgIpc) is 2.33. The van der Waals surface area contributed by atoms with Crippen molar-refractivity contribution in [2.24, 2.45) is 5.92 Å². The fraction of sp³-hybridized carbons (Fsp3) is 0.385. The number of hydrogen-bond acceptors (Lipinski definition) is 4. The number of cyclic esters (lactones) is 1. The van der Waals surface area contributed by atoms with E-state index in [2.05, 4.69) is 0 Å². The second-order valence-corrected chi connectivity index (χ2v) is 4.34. The van der Waals surface area contributed by atoms with E-state index in [0.717, 1.165) is 0 Å². The minimum atomic E-state index is -0.761. The van der Waals surface area contributed by atoms with Crippen LogP contribution in [0.25, 0.3) is 0 Å². The minimum Gasteiger partial charge on any atom is -0.455 e. The molecule has 17 heavy (non-hydrogen) atoms. The van der Waals surface area contributed by atoms with Crippen molar-refractivity contribution >= 4 is 11.9 Å². The fourth-order valence-electron chi connectivity index (χ4n) is 1.68. The van der Waals surface area contributed by atoms with Crippen molar-refractivity contribution < 1.29 is 19.1 Å². The SMILES string of the molecule is CC(C)[C@H]1OC(=O)[C@@H]1OC(=O)c1ccccc1. The van der Waals surface area contributed by atoms with E-state index >= 15 is 0 Å². The Morgan fingerprint density at radius 3 is 2.47 bits per heavy atom. The van der Waals surface area contributed by atoms with Crippen LogP contribution in [0.1, 0.15) is 24.2 Å². The summed E-state index contributed by atoms with van der Waals surface area (Å²) in [7, 11) is 0. The molecule has 1 saturated heterocycles. The van der Waals surface area contributed by atoms with Crippen molar-refractivity contribution in [1.82, 2.24) is 0 Å². The molecule has 90 valence electrons. The molecule has 1 aromatic carbocycles. The van der Waals surface area contributed by atoms with Crippen molar-refractivity contribution in [3.63, 3.8) is 0 Å². The largest absolute Gasteiger partial charge is 0.455 e. The van der Waals surface area contributed by atoms with Crippen LogP contribution in [0.4, 0.5) is 0 Å². The van der Waals surface area contributed by atoms with Gasteiger partial charge in [0.15, 0.2) is 6.10 Å². The quantitative estimate of drug-likeness (QED) is 0.748. The maximum Gasteiger partial charge on any atom is 0.351 e. The van der Waals surface area contributed by atoms with Gasteiger partial charge in [-0.05, 0) is 18.1 Å². The normalized spacial score (nSPS) is 22.9. The average molecular weight is 234 g/mol. The van der Waals surface area contributed by atoms with Gasteiger partial charge in [0.2, 0.25) is 6.10 Å². The van der Waals surface area contributed by atoms with Gasteiger partial charge in [-0.1, -0.05) is 32.0 Å². The van der Waals surface area contributed by atoms with Gasteiger partial charge in [0, 0.05) is 0 Å². The second kappa shape index (κ2) is 4.57. The topological polar surface area (TPSA) is 52.6 Å². The summed E-state index contributed by atoms with van der Waals surface area (Å²) in [6, 6.07) is 8.60. The first kappa shape index (κ1) is 11.6. The Morgan fingerprint density at radius 1 is 1.29 bits per heavy atom. The third-order valence-electron chi connectivity index (χ3n) is 2.68. The molecule has 1 aliphatic rings.